The van der Waals surface area contributed by atoms with Gasteiger partial charge in [-0.15, -0.1) is 0 Å². The van der Waals surface area contributed by atoms with Gasteiger partial charge in [-0.2, -0.15) is 0 Å². The first kappa shape index (κ1) is 13.2. The molecule has 0 aliphatic carbocycles. The van der Waals surface area contributed by atoms with Crippen molar-refractivity contribution in [1.29, 1.82) is 0 Å². The zero-order valence-corrected chi connectivity index (χ0v) is 11.9. The second kappa shape index (κ2) is 6.09. The minimum Gasteiger partial charge on any atom is -0.494 e. The second-order valence-corrected chi connectivity index (χ2v) is 5.17. The van der Waals surface area contributed by atoms with Gasteiger partial charge in [0.1, 0.15) is 11.6 Å². The van der Waals surface area contributed by atoms with Gasteiger partial charge in [-0.1, -0.05) is 12.1 Å². The van der Waals surface area contributed by atoms with E-state index in [4.69, 9.17) is 4.74 Å². The number of aromatic nitrogens is 2. The maximum absolute atomic E-state index is 5.51. The first-order chi connectivity index (χ1) is 9.86. The number of rotatable bonds is 5. The Morgan fingerprint density at radius 3 is 2.90 bits per heavy atom. The zero-order valence-electron chi connectivity index (χ0n) is 11.9. The number of likely N-dealkylation sites (tertiary alicyclic amines) is 1. The highest BCUT2D eigenvalue weighted by molar-refractivity contribution is 5.29. The van der Waals surface area contributed by atoms with Crippen LogP contribution in [0.3, 0.4) is 0 Å². The zero-order chi connectivity index (χ0) is 13.8. The highest BCUT2D eigenvalue weighted by Crippen LogP contribution is 2.33. The van der Waals surface area contributed by atoms with Crippen LogP contribution < -0.4 is 4.74 Å². The van der Waals surface area contributed by atoms with Crippen molar-refractivity contribution in [1.82, 2.24) is 14.9 Å². The normalized spacial score (nSPS) is 19.4. The van der Waals surface area contributed by atoms with Crippen LogP contribution in [0, 0.1) is 0 Å². The summed E-state index contributed by atoms with van der Waals surface area (Å²) >= 11 is 0. The summed E-state index contributed by atoms with van der Waals surface area (Å²) < 4.78 is 5.51. The Bertz CT molecular complexity index is 521. The third-order valence-corrected chi connectivity index (χ3v) is 3.85. The van der Waals surface area contributed by atoms with Crippen LogP contribution in [0.4, 0.5) is 0 Å². The Hall–Kier alpha value is -1.81. The number of imidazole rings is 1. The van der Waals surface area contributed by atoms with Crippen LogP contribution in [0.25, 0.3) is 0 Å². The third kappa shape index (κ3) is 2.85. The first-order valence-corrected chi connectivity index (χ1v) is 7.32. The predicted molar refractivity (Wildman–Crippen MR) is 78.6 cm³/mol. The van der Waals surface area contributed by atoms with Crippen LogP contribution in [0.15, 0.2) is 36.7 Å². The molecule has 0 amide bonds. The summed E-state index contributed by atoms with van der Waals surface area (Å²) in [6.45, 7) is 4.76. The maximum Gasteiger partial charge on any atom is 0.120 e. The van der Waals surface area contributed by atoms with Crippen LogP contribution >= 0.6 is 0 Å². The lowest BCUT2D eigenvalue weighted by molar-refractivity contribution is 0.243. The maximum atomic E-state index is 5.51. The highest BCUT2D eigenvalue weighted by atomic mass is 16.5. The highest BCUT2D eigenvalue weighted by Gasteiger charge is 2.26. The van der Waals surface area contributed by atoms with Gasteiger partial charge in [0, 0.05) is 18.4 Å². The monoisotopic (exact) mass is 271 g/mol. The molecule has 1 atom stereocenters. The molecule has 0 saturated carbocycles. The molecule has 1 aromatic heterocycles. The number of benzene rings is 1. The molecule has 1 aliphatic heterocycles. The summed E-state index contributed by atoms with van der Waals surface area (Å²) in [7, 11) is 0. The molecule has 4 nitrogen and oxygen atoms in total. The SMILES string of the molecule is CCOc1ccc([C@@H]2CCCN2Cc2ncc[nH]2)cc1. The molecule has 1 aliphatic rings. The topological polar surface area (TPSA) is 41.1 Å². The fraction of sp³-hybridized carbons (Fsp3) is 0.438. The molecule has 1 N–H and O–H groups in total. The van der Waals surface area contributed by atoms with Crippen LogP contribution in [0.2, 0.25) is 0 Å². The van der Waals surface area contributed by atoms with E-state index in [1.807, 2.05) is 19.3 Å². The summed E-state index contributed by atoms with van der Waals surface area (Å²) in [6.07, 6.45) is 6.17. The van der Waals surface area contributed by atoms with Crippen molar-refractivity contribution in [2.75, 3.05) is 13.2 Å². The van der Waals surface area contributed by atoms with Crippen LogP contribution in [-0.2, 0) is 6.54 Å². The smallest absolute Gasteiger partial charge is 0.120 e. The van der Waals surface area contributed by atoms with E-state index in [0.29, 0.717) is 12.6 Å². The summed E-state index contributed by atoms with van der Waals surface area (Å²) in [5.74, 6) is 2.00. The van der Waals surface area contributed by atoms with E-state index in [1.165, 1.54) is 18.4 Å². The van der Waals surface area contributed by atoms with Crippen LogP contribution in [-0.4, -0.2) is 28.0 Å². The number of aromatic amines is 1. The van der Waals surface area contributed by atoms with Gasteiger partial charge >= 0.3 is 0 Å². The van der Waals surface area contributed by atoms with Crippen molar-refractivity contribution in [3.63, 3.8) is 0 Å². The molecular formula is C16H21N3O. The number of ether oxygens (including phenoxy) is 1. The average Bonchev–Trinajstić information content (AvgIpc) is 3.12. The average molecular weight is 271 g/mol. The minimum atomic E-state index is 0.496. The lowest BCUT2D eigenvalue weighted by Crippen LogP contribution is -2.23. The van der Waals surface area contributed by atoms with Crippen molar-refractivity contribution in [3.05, 3.63) is 48.0 Å². The molecular weight excluding hydrogens is 250 g/mol. The minimum absolute atomic E-state index is 0.496. The van der Waals surface area contributed by atoms with Gasteiger partial charge < -0.3 is 9.72 Å². The standard InChI is InChI=1S/C16H21N3O/c1-2-20-14-7-5-13(6-8-14)15-4-3-11-19(15)12-16-17-9-10-18-16/h5-10,15H,2-4,11-12H2,1H3,(H,17,18)/t15-/m0/s1. The summed E-state index contributed by atoms with van der Waals surface area (Å²) in [6, 6.07) is 9.02. The van der Waals surface area contributed by atoms with Crippen LogP contribution in [0.5, 0.6) is 5.75 Å². The van der Waals surface area contributed by atoms with Crippen molar-refractivity contribution in [3.8, 4) is 5.75 Å². The molecule has 0 unspecified atom stereocenters. The Morgan fingerprint density at radius 2 is 2.20 bits per heavy atom. The van der Waals surface area contributed by atoms with Gasteiger partial charge in [0.15, 0.2) is 0 Å². The van der Waals surface area contributed by atoms with E-state index in [2.05, 4.69) is 39.1 Å². The van der Waals surface area contributed by atoms with E-state index < -0.39 is 0 Å². The Labute approximate surface area is 119 Å². The van der Waals surface area contributed by atoms with Gasteiger partial charge in [-0.05, 0) is 44.0 Å². The predicted octanol–water partition coefficient (Wildman–Crippen LogP) is 3.15. The van der Waals surface area contributed by atoms with E-state index in [1.54, 1.807) is 0 Å². The Morgan fingerprint density at radius 1 is 1.35 bits per heavy atom. The second-order valence-electron chi connectivity index (χ2n) is 5.17. The number of nitrogens with zero attached hydrogens (tertiary/aromatic N) is 2. The van der Waals surface area contributed by atoms with Gasteiger partial charge in [0.25, 0.3) is 0 Å². The van der Waals surface area contributed by atoms with E-state index >= 15 is 0 Å². The largest absolute Gasteiger partial charge is 0.494 e. The Balaban J connectivity index is 1.71. The summed E-state index contributed by atoms with van der Waals surface area (Å²) in [4.78, 5) is 10.0. The van der Waals surface area contributed by atoms with E-state index in [9.17, 15) is 0 Å². The first-order valence-electron chi connectivity index (χ1n) is 7.32. The van der Waals surface area contributed by atoms with E-state index in [-0.39, 0.29) is 0 Å². The fourth-order valence-corrected chi connectivity index (χ4v) is 2.92. The molecule has 2 heterocycles. The molecule has 1 aromatic carbocycles. The molecule has 1 saturated heterocycles. The fourth-order valence-electron chi connectivity index (χ4n) is 2.92. The molecule has 1 fully saturated rings. The van der Waals surface area contributed by atoms with Crippen molar-refractivity contribution in [2.24, 2.45) is 0 Å². The van der Waals surface area contributed by atoms with Gasteiger partial charge in [-0.25, -0.2) is 4.98 Å². The lowest BCUT2D eigenvalue weighted by Gasteiger charge is -2.24. The molecule has 20 heavy (non-hydrogen) atoms. The van der Waals surface area contributed by atoms with Crippen molar-refractivity contribution in [2.45, 2.75) is 32.4 Å². The van der Waals surface area contributed by atoms with E-state index in [0.717, 1.165) is 24.7 Å². The molecule has 0 radical (unpaired) electrons. The van der Waals surface area contributed by atoms with Crippen LogP contribution in [0.1, 0.15) is 37.2 Å². The molecule has 3 rings (SSSR count). The Kier molecular flexibility index (Phi) is 4.02. The van der Waals surface area contributed by atoms with Crippen molar-refractivity contribution >= 4 is 0 Å². The number of nitrogens with one attached hydrogen (secondary N) is 1. The molecule has 0 spiro atoms. The van der Waals surface area contributed by atoms with Gasteiger partial charge in [0.05, 0.1) is 13.2 Å². The summed E-state index contributed by atoms with van der Waals surface area (Å²) in [5.41, 5.74) is 1.37. The number of hydrogen-bond donors (Lipinski definition) is 1. The quantitative estimate of drug-likeness (QED) is 0.908. The summed E-state index contributed by atoms with van der Waals surface area (Å²) in [5, 5.41) is 0. The van der Waals surface area contributed by atoms with Gasteiger partial charge in [-0.3, -0.25) is 4.90 Å². The molecule has 106 valence electrons. The van der Waals surface area contributed by atoms with Crippen molar-refractivity contribution < 1.29 is 4.74 Å². The molecule has 4 heteroatoms. The lowest BCUT2D eigenvalue weighted by atomic mass is 10.0. The number of H-pyrrole nitrogens is 1. The third-order valence-electron chi connectivity index (χ3n) is 3.85. The molecule has 0 bridgehead atoms. The van der Waals surface area contributed by atoms with Gasteiger partial charge in [0.2, 0.25) is 0 Å². The number of hydrogen-bond acceptors (Lipinski definition) is 3. The molecule has 2 aromatic rings.